The molecule has 0 aromatic rings. The molecule has 15 heavy (non-hydrogen) atoms. The maximum atomic E-state index is 5.91. The van der Waals surface area contributed by atoms with Gasteiger partial charge in [0.05, 0.1) is 0 Å². The van der Waals surface area contributed by atoms with Gasteiger partial charge in [0.1, 0.15) is 0 Å². The van der Waals surface area contributed by atoms with Gasteiger partial charge in [0, 0.05) is 12.6 Å². The van der Waals surface area contributed by atoms with Crippen LogP contribution in [0.2, 0.25) is 0 Å². The third-order valence-electron chi connectivity index (χ3n) is 3.55. The number of rotatable bonds is 5. The van der Waals surface area contributed by atoms with Crippen LogP contribution in [0.25, 0.3) is 0 Å². The van der Waals surface area contributed by atoms with Crippen molar-refractivity contribution in [3.05, 3.63) is 0 Å². The molecule has 1 fully saturated rings. The van der Waals surface area contributed by atoms with Gasteiger partial charge in [0.25, 0.3) is 0 Å². The van der Waals surface area contributed by atoms with Crippen LogP contribution in [0, 0.1) is 11.8 Å². The van der Waals surface area contributed by atoms with Crippen LogP contribution in [-0.2, 0) is 0 Å². The van der Waals surface area contributed by atoms with E-state index < -0.39 is 0 Å². The molecule has 0 bridgehead atoms. The maximum absolute atomic E-state index is 5.91. The molecule has 2 heteroatoms. The summed E-state index contributed by atoms with van der Waals surface area (Å²) in [6, 6.07) is 0.488. The summed E-state index contributed by atoms with van der Waals surface area (Å²) in [6.07, 6.45) is 6.48. The Balaban J connectivity index is 2.12. The highest BCUT2D eigenvalue weighted by Crippen LogP contribution is 2.23. The maximum Gasteiger partial charge on any atom is 0.00390 e. The van der Waals surface area contributed by atoms with Gasteiger partial charge in [0.2, 0.25) is 0 Å². The predicted octanol–water partition coefficient (Wildman–Crippen LogP) is 2.48. The molecule has 2 nitrogen and oxygen atoms in total. The van der Waals surface area contributed by atoms with Gasteiger partial charge in [-0.1, -0.05) is 13.8 Å². The number of hydrogen-bond acceptors (Lipinski definition) is 2. The molecule has 0 aliphatic heterocycles. The molecule has 0 aromatic heterocycles. The Morgan fingerprint density at radius 1 is 1.20 bits per heavy atom. The lowest BCUT2D eigenvalue weighted by Crippen LogP contribution is -2.33. The summed E-state index contributed by atoms with van der Waals surface area (Å²) in [4.78, 5) is 2.50. The second kappa shape index (κ2) is 6.49. The number of nitrogens with zero attached hydrogens (tertiary/aromatic N) is 1. The molecule has 0 spiro atoms. The quantitative estimate of drug-likeness (QED) is 0.758. The Morgan fingerprint density at radius 2 is 1.80 bits per heavy atom. The molecular formula is C13H28N2. The minimum absolute atomic E-state index is 0.488. The van der Waals surface area contributed by atoms with Crippen LogP contribution in [-0.4, -0.2) is 31.1 Å². The number of nitrogens with two attached hydrogens (primary N) is 1. The summed E-state index contributed by atoms with van der Waals surface area (Å²) in [5.74, 6) is 1.73. The lowest BCUT2D eigenvalue weighted by Gasteiger charge is -2.29. The van der Waals surface area contributed by atoms with Gasteiger partial charge in [-0.25, -0.2) is 0 Å². The minimum Gasteiger partial charge on any atom is -0.328 e. The van der Waals surface area contributed by atoms with Crippen molar-refractivity contribution in [2.75, 3.05) is 20.1 Å². The van der Waals surface area contributed by atoms with E-state index in [0.717, 1.165) is 11.8 Å². The molecular weight excluding hydrogens is 184 g/mol. The summed E-state index contributed by atoms with van der Waals surface area (Å²) >= 11 is 0. The van der Waals surface area contributed by atoms with E-state index >= 15 is 0 Å². The van der Waals surface area contributed by atoms with Crippen LogP contribution in [0.5, 0.6) is 0 Å². The highest BCUT2D eigenvalue weighted by atomic mass is 15.1. The number of hydrogen-bond donors (Lipinski definition) is 1. The van der Waals surface area contributed by atoms with Gasteiger partial charge in [-0.05, 0) is 57.5 Å². The van der Waals surface area contributed by atoms with E-state index in [9.17, 15) is 0 Å². The van der Waals surface area contributed by atoms with Gasteiger partial charge in [-0.3, -0.25) is 0 Å². The van der Waals surface area contributed by atoms with Crippen LogP contribution in [0.1, 0.15) is 46.0 Å². The topological polar surface area (TPSA) is 29.3 Å². The molecule has 90 valence electrons. The zero-order valence-corrected chi connectivity index (χ0v) is 10.7. The molecule has 0 amide bonds. The smallest absolute Gasteiger partial charge is 0.00390 e. The Bertz CT molecular complexity index is 160. The first-order valence-electron chi connectivity index (χ1n) is 6.52. The average molecular weight is 212 g/mol. The van der Waals surface area contributed by atoms with Crippen LogP contribution in [0.4, 0.5) is 0 Å². The summed E-state index contributed by atoms with van der Waals surface area (Å²) in [5, 5.41) is 0. The van der Waals surface area contributed by atoms with E-state index in [4.69, 9.17) is 5.73 Å². The van der Waals surface area contributed by atoms with Crippen molar-refractivity contribution < 1.29 is 0 Å². The summed E-state index contributed by atoms with van der Waals surface area (Å²) in [5.41, 5.74) is 5.91. The molecule has 0 radical (unpaired) electrons. The van der Waals surface area contributed by atoms with Crippen molar-refractivity contribution in [2.45, 2.75) is 52.0 Å². The monoisotopic (exact) mass is 212 g/mol. The second-order valence-corrected chi connectivity index (χ2v) is 5.73. The fourth-order valence-electron chi connectivity index (χ4n) is 2.38. The van der Waals surface area contributed by atoms with Crippen molar-refractivity contribution in [1.29, 1.82) is 0 Å². The van der Waals surface area contributed by atoms with Gasteiger partial charge >= 0.3 is 0 Å². The molecule has 0 heterocycles. The SMILES string of the molecule is CC(C)CCN(C)CC1CCC(N)CC1. The van der Waals surface area contributed by atoms with Crippen molar-refractivity contribution >= 4 is 0 Å². The molecule has 1 saturated carbocycles. The second-order valence-electron chi connectivity index (χ2n) is 5.73. The van der Waals surface area contributed by atoms with E-state index in [2.05, 4.69) is 25.8 Å². The van der Waals surface area contributed by atoms with E-state index in [-0.39, 0.29) is 0 Å². The Hall–Kier alpha value is -0.0800. The molecule has 1 aliphatic carbocycles. The van der Waals surface area contributed by atoms with Crippen molar-refractivity contribution in [3.63, 3.8) is 0 Å². The zero-order chi connectivity index (χ0) is 11.3. The van der Waals surface area contributed by atoms with Crippen molar-refractivity contribution in [2.24, 2.45) is 17.6 Å². The molecule has 1 rings (SSSR count). The third-order valence-corrected chi connectivity index (χ3v) is 3.55. The molecule has 2 N–H and O–H groups in total. The highest BCUT2D eigenvalue weighted by Gasteiger charge is 2.19. The van der Waals surface area contributed by atoms with Gasteiger partial charge in [-0.2, -0.15) is 0 Å². The van der Waals surface area contributed by atoms with Crippen LogP contribution >= 0.6 is 0 Å². The lowest BCUT2D eigenvalue weighted by molar-refractivity contribution is 0.217. The van der Waals surface area contributed by atoms with E-state index in [0.29, 0.717) is 6.04 Å². The van der Waals surface area contributed by atoms with Crippen LogP contribution in [0.15, 0.2) is 0 Å². The van der Waals surface area contributed by atoms with Crippen molar-refractivity contribution in [1.82, 2.24) is 4.90 Å². The third kappa shape index (κ3) is 5.53. The fraction of sp³-hybridized carbons (Fsp3) is 1.00. The van der Waals surface area contributed by atoms with Gasteiger partial charge in [0.15, 0.2) is 0 Å². The first kappa shape index (κ1) is 13.0. The van der Waals surface area contributed by atoms with E-state index in [1.54, 1.807) is 0 Å². The minimum atomic E-state index is 0.488. The van der Waals surface area contributed by atoms with Gasteiger partial charge in [-0.15, -0.1) is 0 Å². The Morgan fingerprint density at radius 3 is 2.33 bits per heavy atom. The Labute approximate surface area is 95.2 Å². The predicted molar refractivity (Wildman–Crippen MR) is 66.9 cm³/mol. The normalized spacial score (nSPS) is 27.6. The first-order valence-corrected chi connectivity index (χ1v) is 6.52. The summed E-state index contributed by atoms with van der Waals surface area (Å²) in [7, 11) is 2.26. The largest absolute Gasteiger partial charge is 0.328 e. The first-order chi connectivity index (χ1) is 7.08. The zero-order valence-electron chi connectivity index (χ0n) is 10.7. The van der Waals surface area contributed by atoms with E-state index in [1.165, 1.54) is 45.2 Å². The molecule has 0 atom stereocenters. The molecule has 0 unspecified atom stereocenters. The molecule has 1 aliphatic rings. The fourth-order valence-corrected chi connectivity index (χ4v) is 2.38. The van der Waals surface area contributed by atoms with Crippen LogP contribution < -0.4 is 5.73 Å². The Kier molecular flexibility index (Phi) is 5.62. The summed E-state index contributed by atoms with van der Waals surface area (Å²) < 4.78 is 0. The van der Waals surface area contributed by atoms with Crippen molar-refractivity contribution in [3.8, 4) is 0 Å². The molecule has 0 saturated heterocycles. The highest BCUT2D eigenvalue weighted by molar-refractivity contribution is 4.76. The molecule has 0 aromatic carbocycles. The summed E-state index contributed by atoms with van der Waals surface area (Å²) in [6.45, 7) is 7.13. The van der Waals surface area contributed by atoms with Crippen LogP contribution in [0.3, 0.4) is 0 Å². The average Bonchev–Trinajstić information content (AvgIpc) is 2.19. The van der Waals surface area contributed by atoms with Gasteiger partial charge < -0.3 is 10.6 Å². The van der Waals surface area contributed by atoms with E-state index in [1.807, 2.05) is 0 Å². The lowest BCUT2D eigenvalue weighted by atomic mass is 9.86. The standard InChI is InChI=1S/C13H28N2/c1-11(2)8-9-15(3)10-12-4-6-13(14)7-5-12/h11-13H,4-10,14H2,1-3H3.